The summed E-state index contributed by atoms with van der Waals surface area (Å²) >= 11 is 8.29. The van der Waals surface area contributed by atoms with Gasteiger partial charge in [0.25, 0.3) is 0 Å². The number of fused-ring (bicyclic) bond motifs is 2. The van der Waals surface area contributed by atoms with Crippen LogP contribution in [-0.2, 0) is 12.8 Å². The Balaban J connectivity index is 2.07. The van der Waals surface area contributed by atoms with Crippen LogP contribution in [0, 0.1) is 6.92 Å². The molecule has 0 atom stereocenters. The number of nitrogens with zero attached hydrogens (tertiary/aromatic N) is 3. The molecule has 5 heteroatoms. The third kappa shape index (κ3) is 1.71. The van der Waals surface area contributed by atoms with Gasteiger partial charge in [0, 0.05) is 16.1 Å². The number of thiophene rings is 1. The zero-order valence-corrected chi connectivity index (χ0v) is 12.8. The molecular weight excluding hydrogens is 290 g/mol. The van der Waals surface area contributed by atoms with Crippen molar-refractivity contribution in [3.8, 4) is 10.4 Å². The highest BCUT2D eigenvalue weighted by Crippen LogP contribution is 2.35. The molecule has 0 fully saturated rings. The van der Waals surface area contributed by atoms with Crippen LogP contribution in [0.15, 0.2) is 17.5 Å². The van der Waals surface area contributed by atoms with Crippen LogP contribution in [0.4, 0.5) is 0 Å². The van der Waals surface area contributed by atoms with E-state index < -0.39 is 0 Å². The molecule has 3 aromatic heterocycles. The second-order valence-corrected chi connectivity index (χ2v) is 6.51. The van der Waals surface area contributed by atoms with Crippen LogP contribution in [-0.4, -0.2) is 14.6 Å². The molecule has 3 heterocycles. The first-order valence-electron chi connectivity index (χ1n) is 6.86. The fourth-order valence-electron chi connectivity index (χ4n) is 2.96. The third-order valence-electron chi connectivity index (χ3n) is 3.92. The molecule has 3 aromatic rings. The standard InChI is InChI=1S/C15H14ClN3S/c1-9-13(12-7-4-8-20-12)15-17-11-6-3-2-5-10(11)14(16)19(15)18-9/h4,7-8H,2-3,5-6H2,1H3. The van der Waals surface area contributed by atoms with Crippen LogP contribution in [0.5, 0.6) is 0 Å². The minimum atomic E-state index is 0.746. The average molecular weight is 304 g/mol. The molecule has 20 heavy (non-hydrogen) atoms. The van der Waals surface area contributed by atoms with Crippen LogP contribution in [0.2, 0.25) is 5.15 Å². The Hall–Kier alpha value is -1.39. The number of hydrogen-bond acceptors (Lipinski definition) is 3. The number of halogens is 1. The summed E-state index contributed by atoms with van der Waals surface area (Å²) < 4.78 is 1.82. The highest BCUT2D eigenvalue weighted by molar-refractivity contribution is 7.13. The van der Waals surface area contributed by atoms with E-state index in [1.165, 1.54) is 23.3 Å². The van der Waals surface area contributed by atoms with Crippen molar-refractivity contribution < 1.29 is 0 Å². The average Bonchev–Trinajstić information content (AvgIpc) is 3.06. The van der Waals surface area contributed by atoms with Gasteiger partial charge in [-0.05, 0) is 44.1 Å². The fourth-order valence-corrected chi connectivity index (χ4v) is 4.09. The summed E-state index contributed by atoms with van der Waals surface area (Å²) in [5.41, 5.74) is 5.35. The maximum absolute atomic E-state index is 6.57. The summed E-state index contributed by atoms with van der Waals surface area (Å²) in [4.78, 5) is 6.08. The van der Waals surface area contributed by atoms with Crippen molar-refractivity contribution in [3.05, 3.63) is 39.6 Å². The predicted octanol–water partition coefficient (Wildman–Crippen LogP) is 4.30. The van der Waals surface area contributed by atoms with Gasteiger partial charge < -0.3 is 0 Å². The van der Waals surface area contributed by atoms with E-state index in [0.717, 1.165) is 40.6 Å². The molecule has 1 aliphatic carbocycles. The van der Waals surface area contributed by atoms with Gasteiger partial charge in [0.15, 0.2) is 5.65 Å². The summed E-state index contributed by atoms with van der Waals surface area (Å²) in [5, 5.41) is 7.43. The van der Waals surface area contributed by atoms with Crippen molar-refractivity contribution in [2.75, 3.05) is 0 Å². The number of aryl methyl sites for hydroxylation is 2. The molecule has 4 rings (SSSR count). The Bertz CT molecular complexity index is 789. The van der Waals surface area contributed by atoms with E-state index >= 15 is 0 Å². The van der Waals surface area contributed by atoms with Crippen molar-refractivity contribution in [1.29, 1.82) is 0 Å². The quantitative estimate of drug-likeness (QED) is 0.627. The van der Waals surface area contributed by atoms with E-state index in [2.05, 4.69) is 22.6 Å². The maximum Gasteiger partial charge on any atom is 0.165 e. The third-order valence-corrected chi connectivity index (χ3v) is 5.19. The molecular formula is C15H14ClN3S. The van der Waals surface area contributed by atoms with Crippen LogP contribution in [0.25, 0.3) is 16.1 Å². The lowest BCUT2D eigenvalue weighted by Crippen LogP contribution is -2.10. The molecule has 0 saturated heterocycles. The van der Waals surface area contributed by atoms with Gasteiger partial charge in [0.1, 0.15) is 5.15 Å². The first-order chi connectivity index (χ1) is 9.75. The number of aromatic nitrogens is 3. The molecule has 102 valence electrons. The Morgan fingerprint density at radius 2 is 2.15 bits per heavy atom. The van der Waals surface area contributed by atoms with E-state index in [1.54, 1.807) is 11.3 Å². The van der Waals surface area contributed by atoms with Crippen LogP contribution in [0.3, 0.4) is 0 Å². The SMILES string of the molecule is Cc1nn2c(Cl)c3c(nc2c1-c1cccs1)CCCC3. The topological polar surface area (TPSA) is 30.2 Å². The van der Waals surface area contributed by atoms with Crippen molar-refractivity contribution in [2.24, 2.45) is 0 Å². The van der Waals surface area contributed by atoms with Gasteiger partial charge >= 0.3 is 0 Å². The molecule has 3 nitrogen and oxygen atoms in total. The van der Waals surface area contributed by atoms with Crippen molar-refractivity contribution in [3.63, 3.8) is 0 Å². The van der Waals surface area contributed by atoms with E-state index in [1.807, 2.05) is 11.4 Å². The van der Waals surface area contributed by atoms with Gasteiger partial charge in [-0.1, -0.05) is 17.7 Å². The van der Waals surface area contributed by atoms with Gasteiger partial charge in [-0.15, -0.1) is 11.3 Å². The zero-order chi connectivity index (χ0) is 13.7. The second kappa shape index (κ2) is 4.57. The molecule has 0 bridgehead atoms. The second-order valence-electron chi connectivity index (χ2n) is 5.21. The minimum absolute atomic E-state index is 0.746. The van der Waals surface area contributed by atoms with Crippen LogP contribution >= 0.6 is 22.9 Å². The lowest BCUT2D eigenvalue weighted by molar-refractivity contribution is 0.660. The molecule has 0 aromatic carbocycles. The Labute approximate surface area is 126 Å². The van der Waals surface area contributed by atoms with E-state index in [9.17, 15) is 0 Å². The summed E-state index contributed by atoms with van der Waals surface area (Å²) in [7, 11) is 0. The highest BCUT2D eigenvalue weighted by Gasteiger charge is 2.22. The highest BCUT2D eigenvalue weighted by atomic mass is 35.5. The van der Waals surface area contributed by atoms with Crippen molar-refractivity contribution >= 4 is 28.6 Å². The van der Waals surface area contributed by atoms with E-state index in [4.69, 9.17) is 16.6 Å². The summed E-state index contributed by atoms with van der Waals surface area (Å²) in [5.74, 6) is 0. The van der Waals surface area contributed by atoms with Crippen molar-refractivity contribution in [1.82, 2.24) is 14.6 Å². The largest absolute Gasteiger partial charge is 0.233 e. The van der Waals surface area contributed by atoms with Crippen molar-refractivity contribution in [2.45, 2.75) is 32.6 Å². The number of hydrogen-bond donors (Lipinski definition) is 0. The van der Waals surface area contributed by atoms with Gasteiger partial charge in [-0.25, -0.2) is 9.50 Å². The lowest BCUT2D eigenvalue weighted by Gasteiger charge is -2.16. The molecule has 0 aliphatic heterocycles. The summed E-state index contributed by atoms with van der Waals surface area (Å²) in [6, 6.07) is 4.17. The Kier molecular flexibility index (Phi) is 2.82. The molecule has 0 saturated carbocycles. The fraction of sp³-hybridized carbons (Fsp3) is 0.333. The Morgan fingerprint density at radius 3 is 2.95 bits per heavy atom. The minimum Gasteiger partial charge on any atom is -0.233 e. The molecule has 1 aliphatic rings. The molecule has 0 amide bonds. The van der Waals surface area contributed by atoms with Gasteiger partial charge in [0.05, 0.1) is 11.3 Å². The number of rotatable bonds is 1. The first-order valence-corrected chi connectivity index (χ1v) is 8.12. The zero-order valence-electron chi connectivity index (χ0n) is 11.2. The normalized spacial score (nSPS) is 14.7. The first kappa shape index (κ1) is 12.4. The molecule has 0 unspecified atom stereocenters. The Morgan fingerprint density at radius 1 is 1.30 bits per heavy atom. The van der Waals surface area contributed by atoms with Crippen LogP contribution < -0.4 is 0 Å². The van der Waals surface area contributed by atoms with E-state index in [-0.39, 0.29) is 0 Å². The van der Waals surface area contributed by atoms with Crippen LogP contribution in [0.1, 0.15) is 29.8 Å². The molecule has 0 N–H and O–H groups in total. The van der Waals surface area contributed by atoms with E-state index in [0.29, 0.717) is 0 Å². The molecule has 0 spiro atoms. The lowest BCUT2D eigenvalue weighted by atomic mass is 9.97. The predicted molar refractivity (Wildman–Crippen MR) is 82.7 cm³/mol. The summed E-state index contributed by atoms with van der Waals surface area (Å²) in [6.45, 7) is 2.03. The maximum atomic E-state index is 6.57. The van der Waals surface area contributed by atoms with Gasteiger partial charge in [-0.3, -0.25) is 0 Å². The molecule has 0 radical (unpaired) electrons. The van der Waals surface area contributed by atoms with Gasteiger partial charge in [0.2, 0.25) is 0 Å². The van der Waals surface area contributed by atoms with Gasteiger partial charge in [-0.2, -0.15) is 5.10 Å². The monoisotopic (exact) mass is 303 g/mol. The smallest absolute Gasteiger partial charge is 0.165 e. The summed E-state index contributed by atoms with van der Waals surface area (Å²) in [6.07, 6.45) is 4.44.